The molecule has 3 rings (SSSR count). The maximum atomic E-state index is 6.46. The van der Waals surface area contributed by atoms with Gasteiger partial charge in [-0.3, -0.25) is 4.68 Å². The Kier molecular flexibility index (Phi) is 4.05. The van der Waals surface area contributed by atoms with Crippen LogP contribution in [0.25, 0.3) is 11.1 Å². The van der Waals surface area contributed by atoms with Crippen LogP contribution < -0.4 is 5.32 Å². The maximum Gasteiger partial charge on any atom is 0.0674 e. The fourth-order valence-corrected chi connectivity index (χ4v) is 3.06. The summed E-state index contributed by atoms with van der Waals surface area (Å²) in [7, 11) is 0. The topological polar surface area (TPSA) is 29.9 Å². The highest BCUT2D eigenvalue weighted by Crippen LogP contribution is 2.31. The molecule has 0 amide bonds. The molecule has 1 N–H and O–H groups in total. The zero-order chi connectivity index (χ0) is 15.0. The number of hydrogen-bond donors (Lipinski definition) is 1. The normalized spacial score (nSPS) is 14.7. The third kappa shape index (κ3) is 2.99. The van der Waals surface area contributed by atoms with Gasteiger partial charge in [-0.05, 0) is 50.8 Å². The van der Waals surface area contributed by atoms with Crippen molar-refractivity contribution < 1.29 is 0 Å². The Morgan fingerprint density at radius 2 is 2.10 bits per heavy atom. The van der Waals surface area contributed by atoms with Crippen LogP contribution in [-0.2, 0) is 13.1 Å². The van der Waals surface area contributed by atoms with Gasteiger partial charge in [-0.25, -0.2) is 0 Å². The number of aromatic nitrogens is 2. The first-order valence-electron chi connectivity index (χ1n) is 7.66. The quantitative estimate of drug-likeness (QED) is 0.901. The number of nitrogens with one attached hydrogen (secondary N) is 1. The molecule has 0 radical (unpaired) electrons. The molecule has 1 aliphatic carbocycles. The van der Waals surface area contributed by atoms with Crippen molar-refractivity contribution in [3.63, 3.8) is 0 Å². The lowest BCUT2D eigenvalue weighted by Crippen LogP contribution is -2.15. The maximum absolute atomic E-state index is 6.46. The van der Waals surface area contributed by atoms with Crippen LogP contribution in [0.3, 0.4) is 0 Å². The van der Waals surface area contributed by atoms with E-state index in [1.165, 1.54) is 29.7 Å². The molecule has 2 aromatic rings. The van der Waals surface area contributed by atoms with E-state index in [4.69, 9.17) is 11.6 Å². The number of nitrogens with zero attached hydrogens (tertiary/aromatic N) is 2. The van der Waals surface area contributed by atoms with Gasteiger partial charge in [0.1, 0.15) is 0 Å². The fourth-order valence-electron chi connectivity index (χ4n) is 2.81. The molecule has 1 aromatic heterocycles. The lowest BCUT2D eigenvalue weighted by molar-refractivity contribution is 0.634. The van der Waals surface area contributed by atoms with Crippen molar-refractivity contribution in [1.29, 1.82) is 0 Å². The van der Waals surface area contributed by atoms with Gasteiger partial charge in [-0.2, -0.15) is 5.10 Å². The van der Waals surface area contributed by atoms with Crippen molar-refractivity contribution in [1.82, 2.24) is 15.1 Å². The van der Waals surface area contributed by atoms with Crippen LogP contribution in [0.1, 0.15) is 36.7 Å². The van der Waals surface area contributed by atoms with E-state index in [-0.39, 0.29) is 0 Å². The van der Waals surface area contributed by atoms with Crippen LogP contribution in [0.5, 0.6) is 0 Å². The standard InChI is InChI=1S/C17H22ClN3/c1-4-21-12(3)17(11(2)20-21)13-5-6-14(16(18)9-13)10-19-15-7-8-15/h5-6,9,15,19H,4,7-8,10H2,1-3H3. The molecular formula is C17H22ClN3. The molecule has 0 spiro atoms. The summed E-state index contributed by atoms with van der Waals surface area (Å²) < 4.78 is 2.04. The molecule has 21 heavy (non-hydrogen) atoms. The minimum atomic E-state index is 0.702. The third-order valence-corrected chi connectivity index (χ3v) is 4.53. The van der Waals surface area contributed by atoms with Gasteiger partial charge in [-0.1, -0.05) is 23.7 Å². The van der Waals surface area contributed by atoms with Crippen molar-refractivity contribution in [2.75, 3.05) is 0 Å². The second kappa shape index (κ2) is 5.82. The van der Waals surface area contributed by atoms with Crippen molar-refractivity contribution in [2.45, 2.75) is 52.7 Å². The monoisotopic (exact) mass is 303 g/mol. The van der Waals surface area contributed by atoms with Crippen LogP contribution in [0.4, 0.5) is 0 Å². The zero-order valence-corrected chi connectivity index (χ0v) is 13.7. The van der Waals surface area contributed by atoms with Gasteiger partial charge in [0.15, 0.2) is 0 Å². The first kappa shape index (κ1) is 14.6. The number of hydrogen-bond acceptors (Lipinski definition) is 2. The van der Waals surface area contributed by atoms with Crippen molar-refractivity contribution >= 4 is 11.6 Å². The lowest BCUT2D eigenvalue weighted by atomic mass is 10.0. The summed E-state index contributed by atoms with van der Waals surface area (Å²) in [6.07, 6.45) is 2.59. The van der Waals surface area contributed by atoms with Crippen molar-refractivity contribution in [3.8, 4) is 11.1 Å². The summed E-state index contributed by atoms with van der Waals surface area (Å²) in [5.41, 5.74) is 5.81. The molecule has 1 saturated carbocycles. The number of rotatable bonds is 5. The fraction of sp³-hybridized carbons (Fsp3) is 0.471. The highest BCUT2D eigenvalue weighted by molar-refractivity contribution is 6.31. The molecule has 4 heteroatoms. The van der Waals surface area contributed by atoms with Crippen LogP contribution in [0, 0.1) is 13.8 Å². The SMILES string of the molecule is CCn1nc(C)c(-c2ccc(CNC3CC3)c(Cl)c2)c1C. The van der Waals surface area contributed by atoms with Crippen LogP contribution >= 0.6 is 11.6 Å². The molecule has 1 heterocycles. The van der Waals surface area contributed by atoms with Crippen molar-refractivity contribution in [2.24, 2.45) is 0 Å². The van der Waals surface area contributed by atoms with Crippen molar-refractivity contribution in [3.05, 3.63) is 40.2 Å². The molecule has 0 saturated heterocycles. The van der Waals surface area contributed by atoms with Gasteiger partial charge in [0.05, 0.1) is 5.69 Å². The van der Waals surface area contributed by atoms with Gasteiger partial charge in [0.25, 0.3) is 0 Å². The first-order valence-corrected chi connectivity index (χ1v) is 8.04. The molecular weight excluding hydrogens is 282 g/mol. The Morgan fingerprint density at radius 1 is 1.33 bits per heavy atom. The van der Waals surface area contributed by atoms with Crippen LogP contribution in [0.15, 0.2) is 18.2 Å². The molecule has 3 nitrogen and oxygen atoms in total. The van der Waals surface area contributed by atoms with Gasteiger partial charge in [0.2, 0.25) is 0 Å². The third-order valence-electron chi connectivity index (χ3n) is 4.18. The number of aryl methyl sites for hydroxylation is 2. The highest BCUT2D eigenvalue weighted by atomic mass is 35.5. The lowest BCUT2D eigenvalue weighted by Gasteiger charge is -2.09. The minimum Gasteiger partial charge on any atom is -0.310 e. The Balaban J connectivity index is 1.88. The second-order valence-electron chi connectivity index (χ2n) is 5.82. The average Bonchev–Trinajstić information content (AvgIpc) is 3.23. The summed E-state index contributed by atoms with van der Waals surface area (Å²) in [5, 5.41) is 8.93. The average molecular weight is 304 g/mol. The summed E-state index contributed by atoms with van der Waals surface area (Å²) in [5.74, 6) is 0. The van der Waals surface area contributed by atoms with Gasteiger partial charge in [-0.15, -0.1) is 0 Å². The van der Waals surface area contributed by atoms with E-state index in [1.807, 2.05) is 4.68 Å². The zero-order valence-electron chi connectivity index (χ0n) is 12.9. The highest BCUT2D eigenvalue weighted by Gasteiger charge is 2.20. The predicted octanol–water partition coefficient (Wildman–Crippen LogP) is 4.09. The van der Waals surface area contributed by atoms with E-state index in [1.54, 1.807) is 0 Å². The van der Waals surface area contributed by atoms with E-state index in [0.29, 0.717) is 6.04 Å². The molecule has 0 bridgehead atoms. The summed E-state index contributed by atoms with van der Waals surface area (Å²) in [4.78, 5) is 0. The van der Waals surface area contributed by atoms with E-state index >= 15 is 0 Å². The van der Waals surface area contributed by atoms with Gasteiger partial charge < -0.3 is 5.32 Å². The molecule has 112 valence electrons. The molecule has 1 fully saturated rings. The molecule has 1 aliphatic rings. The summed E-state index contributed by atoms with van der Waals surface area (Å²) in [6, 6.07) is 7.07. The van der Waals surface area contributed by atoms with E-state index in [2.05, 4.69) is 49.4 Å². The molecule has 0 unspecified atom stereocenters. The predicted molar refractivity (Wildman–Crippen MR) is 87.7 cm³/mol. The largest absolute Gasteiger partial charge is 0.310 e. The van der Waals surface area contributed by atoms with E-state index in [0.717, 1.165) is 29.4 Å². The van der Waals surface area contributed by atoms with Gasteiger partial charge in [0, 0.05) is 35.4 Å². The Morgan fingerprint density at radius 3 is 2.67 bits per heavy atom. The van der Waals surface area contributed by atoms with Gasteiger partial charge >= 0.3 is 0 Å². The Hall–Kier alpha value is -1.32. The number of benzene rings is 1. The van der Waals surface area contributed by atoms with Crippen LogP contribution in [0.2, 0.25) is 5.02 Å². The van der Waals surface area contributed by atoms with Crippen LogP contribution in [-0.4, -0.2) is 15.8 Å². The first-order chi connectivity index (χ1) is 10.1. The van der Waals surface area contributed by atoms with E-state index in [9.17, 15) is 0 Å². The Labute approximate surface area is 131 Å². The summed E-state index contributed by atoms with van der Waals surface area (Å²) >= 11 is 6.46. The Bertz CT molecular complexity index is 656. The number of halogens is 1. The molecule has 1 aromatic carbocycles. The minimum absolute atomic E-state index is 0.702. The van der Waals surface area contributed by atoms with E-state index < -0.39 is 0 Å². The smallest absolute Gasteiger partial charge is 0.0674 e. The second-order valence-corrected chi connectivity index (χ2v) is 6.23. The molecule has 0 aliphatic heterocycles. The summed E-state index contributed by atoms with van der Waals surface area (Å²) in [6.45, 7) is 8.04. The molecule has 0 atom stereocenters.